The second-order valence-corrected chi connectivity index (χ2v) is 5.91. The molecule has 0 spiro atoms. The topological polar surface area (TPSA) is 77.8 Å². The highest BCUT2D eigenvalue weighted by atomic mass is 32.1. The molecule has 0 amide bonds. The molecule has 1 aliphatic carbocycles. The molecule has 1 atom stereocenters. The zero-order valence-corrected chi connectivity index (χ0v) is 11.2. The Kier molecular flexibility index (Phi) is 2.77. The largest absolute Gasteiger partial charge is 0.399 e. The summed E-state index contributed by atoms with van der Waals surface area (Å²) in [5, 5.41) is 5.76. The van der Waals surface area contributed by atoms with Gasteiger partial charge in [0.15, 0.2) is 0 Å². The van der Waals surface area contributed by atoms with Crippen LogP contribution in [0.5, 0.6) is 0 Å². The number of hydrogen-bond acceptors (Lipinski definition) is 6. The number of thiazole rings is 2. The van der Waals surface area contributed by atoms with E-state index in [1.54, 1.807) is 28.9 Å². The van der Waals surface area contributed by atoms with E-state index in [9.17, 15) is 0 Å². The molecule has 0 saturated carbocycles. The maximum Gasteiger partial charge on any atom is 0.142 e. The van der Waals surface area contributed by atoms with Crippen molar-refractivity contribution >= 4 is 22.7 Å². The maximum absolute atomic E-state index is 6.35. The molecule has 2 aromatic heterocycles. The van der Waals surface area contributed by atoms with Crippen LogP contribution < -0.4 is 11.5 Å². The van der Waals surface area contributed by atoms with Crippen molar-refractivity contribution in [3.63, 3.8) is 0 Å². The second kappa shape index (κ2) is 4.31. The van der Waals surface area contributed by atoms with Gasteiger partial charge in [0, 0.05) is 22.7 Å². The van der Waals surface area contributed by atoms with Gasteiger partial charge in [-0.05, 0) is 12.5 Å². The fourth-order valence-electron chi connectivity index (χ4n) is 1.76. The average molecular weight is 276 g/mol. The Morgan fingerprint density at radius 1 is 1.33 bits per heavy atom. The molecule has 0 aliphatic heterocycles. The summed E-state index contributed by atoms with van der Waals surface area (Å²) in [4.78, 5) is 8.84. The van der Waals surface area contributed by atoms with Gasteiger partial charge in [-0.2, -0.15) is 0 Å². The average Bonchev–Trinajstić information content (AvgIpc) is 3.01. The van der Waals surface area contributed by atoms with Crippen LogP contribution in [0.1, 0.15) is 11.4 Å². The maximum atomic E-state index is 6.35. The molecule has 92 valence electrons. The molecule has 0 radical (unpaired) electrons. The molecular weight excluding hydrogens is 264 g/mol. The molecule has 1 aliphatic rings. The van der Waals surface area contributed by atoms with Crippen molar-refractivity contribution in [1.82, 2.24) is 9.97 Å². The minimum absolute atomic E-state index is 0.539. The molecule has 6 heteroatoms. The van der Waals surface area contributed by atoms with Crippen molar-refractivity contribution in [3.8, 4) is 10.7 Å². The van der Waals surface area contributed by atoms with Crippen molar-refractivity contribution in [2.45, 2.75) is 12.0 Å². The van der Waals surface area contributed by atoms with E-state index in [0.29, 0.717) is 6.42 Å². The van der Waals surface area contributed by atoms with Crippen molar-refractivity contribution in [2.75, 3.05) is 0 Å². The minimum atomic E-state index is -0.539. The zero-order chi connectivity index (χ0) is 12.6. The van der Waals surface area contributed by atoms with Gasteiger partial charge >= 0.3 is 0 Å². The van der Waals surface area contributed by atoms with Crippen LogP contribution >= 0.6 is 22.7 Å². The number of aromatic nitrogens is 2. The summed E-state index contributed by atoms with van der Waals surface area (Å²) in [6.07, 6.45) is 8.16. The Hall–Kier alpha value is -1.50. The molecule has 0 aromatic carbocycles. The summed E-state index contributed by atoms with van der Waals surface area (Å²) < 4.78 is 0. The van der Waals surface area contributed by atoms with Gasteiger partial charge in [0.1, 0.15) is 15.7 Å². The highest BCUT2D eigenvalue weighted by Gasteiger charge is 2.29. The van der Waals surface area contributed by atoms with Gasteiger partial charge in [0.05, 0.1) is 5.54 Å². The SMILES string of the molecule is NC1=CCC(N)(c2nc(-c3nccs3)cs2)C=C1. The smallest absolute Gasteiger partial charge is 0.142 e. The van der Waals surface area contributed by atoms with Crippen molar-refractivity contribution in [3.05, 3.63) is 45.9 Å². The van der Waals surface area contributed by atoms with Crippen LogP contribution in [-0.4, -0.2) is 9.97 Å². The monoisotopic (exact) mass is 276 g/mol. The van der Waals surface area contributed by atoms with E-state index in [2.05, 4.69) is 9.97 Å². The molecule has 0 bridgehead atoms. The molecule has 18 heavy (non-hydrogen) atoms. The lowest BCUT2D eigenvalue weighted by molar-refractivity contribution is 0.558. The van der Waals surface area contributed by atoms with Gasteiger partial charge in [0.25, 0.3) is 0 Å². The summed E-state index contributed by atoms with van der Waals surface area (Å²) >= 11 is 3.14. The first-order valence-electron chi connectivity index (χ1n) is 5.47. The number of allylic oxidation sites excluding steroid dienone is 1. The fraction of sp³-hybridized carbons (Fsp3) is 0.167. The lowest BCUT2D eigenvalue weighted by Crippen LogP contribution is -2.35. The van der Waals surface area contributed by atoms with E-state index in [-0.39, 0.29) is 0 Å². The van der Waals surface area contributed by atoms with Gasteiger partial charge in [-0.1, -0.05) is 12.2 Å². The van der Waals surface area contributed by atoms with Crippen LogP contribution in [-0.2, 0) is 5.54 Å². The Morgan fingerprint density at radius 3 is 2.89 bits per heavy atom. The molecule has 2 heterocycles. The Balaban J connectivity index is 1.93. The number of hydrogen-bond donors (Lipinski definition) is 2. The highest BCUT2D eigenvalue weighted by Crippen LogP contribution is 2.33. The quantitative estimate of drug-likeness (QED) is 0.881. The lowest BCUT2D eigenvalue weighted by Gasteiger charge is -2.24. The Labute approximate surface area is 113 Å². The Morgan fingerprint density at radius 2 is 2.22 bits per heavy atom. The molecule has 0 fully saturated rings. The Bertz CT molecular complexity index is 612. The van der Waals surface area contributed by atoms with Gasteiger partial charge in [-0.15, -0.1) is 22.7 Å². The predicted octanol–water partition coefficient (Wildman–Crippen LogP) is 2.22. The third kappa shape index (κ3) is 1.98. The van der Waals surface area contributed by atoms with Crippen LogP contribution in [0.3, 0.4) is 0 Å². The summed E-state index contributed by atoms with van der Waals surface area (Å²) in [5.41, 5.74) is 13.2. The highest BCUT2D eigenvalue weighted by molar-refractivity contribution is 7.14. The van der Waals surface area contributed by atoms with Gasteiger partial charge in [-0.3, -0.25) is 0 Å². The van der Waals surface area contributed by atoms with E-state index in [1.807, 2.05) is 29.0 Å². The van der Waals surface area contributed by atoms with Crippen LogP contribution in [0.15, 0.2) is 40.9 Å². The summed E-state index contributed by atoms with van der Waals surface area (Å²) in [6, 6.07) is 0. The van der Waals surface area contributed by atoms with Crippen molar-refractivity contribution in [1.29, 1.82) is 0 Å². The van der Waals surface area contributed by atoms with Crippen LogP contribution in [0.25, 0.3) is 10.7 Å². The standard InChI is InChI=1S/C12H12N4S2/c13-8-1-3-12(14,4-2-8)11-16-9(7-18-11)10-15-5-6-17-10/h1-3,5-7H,4,13-14H2. The molecule has 3 rings (SSSR count). The van der Waals surface area contributed by atoms with Crippen LogP contribution in [0.2, 0.25) is 0 Å². The first-order valence-corrected chi connectivity index (χ1v) is 7.23. The van der Waals surface area contributed by atoms with Crippen LogP contribution in [0.4, 0.5) is 0 Å². The summed E-state index contributed by atoms with van der Waals surface area (Å²) in [6.45, 7) is 0. The zero-order valence-electron chi connectivity index (χ0n) is 9.54. The molecule has 4 nitrogen and oxygen atoms in total. The molecule has 1 unspecified atom stereocenters. The van der Waals surface area contributed by atoms with Crippen LogP contribution in [0, 0.1) is 0 Å². The third-order valence-electron chi connectivity index (χ3n) is 2.80. The first kappa shape index (κ1) is 11.6. The number of rotatable bonds is 2. The van der Waals surface area contributed by atoms with E-state index in [4.69, 9.17) is 11.5 Å². The van der Waals surface area contributed by atoms with Gasteiger partial charge < -0.3 is 11.5 Å². The van der Waals surface area contributed by atoms with Gasteiger partial charge in [0.2, 0.25) is 0 Å². The minimum Gasteiger partial charge on any atom is -0.399 e. The molecule has 2 aromatic rings. The molecular formula is C12H12N4S2. The molecule has 4 N–H and O–H groups in total. The van der Waals surface area contributed by atoms with Gasteiger partial charge in [-0.25, -0.2) is 9.97 Å². The summed E-state index contributed by atoms with van der Waals surface area (Å²) in [7, 11) is 0. The molecule has 0 saturated heterocycles. The normalized spacial score (nSPS) is 23.1. The van der Waals surface area contributed by atoms with Crippen molar-refractivity contribution in [2.24, 2.45) is 11.5 Å². The van der Waals surface area contributed by atoms with Crippen molar-refractivity contribution < 1.29 is 0 Å². The predicted molar refractivity (Wildman–Crippen MR) is 75.1 cm³/mol. The number of nitrogens with two attached hydrogens (primary N) is 2. The lowest BCUT2D eigenvalue weighted by atomic mass is 9.92. The van der Waals surface area contributed by atoms with E-state index >= 15 is 0 Å². The summed E-state index contributed by atoms with van der Waals surface area (Å²) in [5.74, 6) is 0. The fourth-order valence-corrected chi connectivity index (χ4v) is 3.34. The van der Waals surface area contributed by atoms with E-state index in [0.717, 1.165) is 21.4 Å². The third-order valence-corrected chi connectivity index (χ3v) is 4.63. The van der Waals surface area contributed by atoms with E-state index in [1.165, 1.54) is 0 Å². The second-order valence-electron chi connectivity index (χ2n) is 4.16. The van der Waals surface area contributed by atoms with E-state index < -0.39 is 5.54 Å². The number of nitrogens with zero attached hydrogens (tertiary/aromatic N) is 2. The first-order chi connectivity index (χ1) is 8.67.